The van der Waals surface area contributed by atoms with Gasteiger partial charge in [-0.05, 0) is 43.1 Å². The first kappa shape index (κ1) is 38.5. The summed E-state index contributed by atoms with van der Waals surface area (Å²) in [5.74, 6) is 1.30. The van der Waals surface area contributed by atoms with E-state index in [0.29, 0.717) is 49.8 Å². The normalized spacial score (nSPS) is 15.5. The van der Waals surface area contributed by atoms with E-state index >= 15 is 0 Å². The van der Waals surface area contributed by atoms with Gasteiger partial charge < -0.3 is 19.7 Å². The second kappa shape index (κ2) is 19.7. The Hall–Kier alpha value is -2.71. The Balaban J connectivity index is 2.31. The maximum absolute atomic E-state index is 13.8. The highest BCUT2D eigenvalue weighted by Crippen LogP contribution is 2.32. The Morgan fingerprint density at radius 2 is 1.71 bits per heavy atom. The molecule has 0 aliphatic rings. The Morgan fingerprint density at radius 3 is 2.29 bits per heavy atom. The van der Waals surface area contributed by atoms with Crippen molar-refractivity contribution in [1.82, 2.24) is 15.2 Å². The predicted octanol–water partition coefficient (Wildman–Crippen LogP) is 8.47. The number of benzene rings is 1. The van der Waals surface area contributed by atoms with Gasteiger partial charge in [0.15, 0.2) is 0 Å². The zero-order valence-electron chi connectivity index (χ0n) is 29.3. The van der Waals surface area contributed by atoms with Crippen molar-refractivity contribution in [1.29, 1.82) is 0 Å². The van der Waals surface area contributed by atoms with Gasteiger partial charge >= 0.3 is 0 Å². The van der Waals surface area contributed by atoms with Gasteiger partial charge in [0.1, 0.15) is 16.8 Å². The number of rotatable bonds is 21. The fourth-order valence-corrected chi connectivity index (χ4v) is 6.53. The number of allylic oxidation sites excluding steroid dienone is 1. The molecule has 0 aliphatic heterocycles. The van der Waals surface area contributed by atoms with E-state index in [9.17, 15) is 9.59 Å². The lowest BCUT2D eigenvalue weighted by Gasteiger charge is -2.38. The quantitative estimate of drug-likeness (QED) is 0.138. The number of hydrogen-bond donors (Lipinski definition) is 1. The number of carbonyl (C=O) groups excluding carboxylic acids is 2. The fraction of sp³-hybridized carbons (Fsp3) is 0.649. The van der Waals surface area contributed by atoms with Crippen molar-refractivity contribution in [2.24, 2.45) is 23.7 Å². The Bertz CT molecular complexity index is 1170. The van der Waals surface area contributed by atoms with E-state index in [1.54, 1.807) is 7.11 Å². The van der Waals surface area contributed by atoms with Gasteiger partial charge in [-0.25, -0.2) is 4.98 Å². The molecule has 1 aromatic heterocycles. The molecule has 0 aliphatic carbocycles. The van der Waals surface area contributed by atoms with Gasteiger partial charge in [0.05, 0.1) is 12.9 Å². The second-order valence-electron chi connectivity index (χ2n) is 12.9. The average Bonchev–Trinajstić information content (AvgIpc) is 3.53. The Kier molecular flexibility index (Phi) is 16.9. The van der Waals surface area contributed by atoms with Gasteiger partial charge in [0.2, 0.25) is 5.91 Å². The van der Waals surface area contributed by atoms with E-state index in [-0.39, 0.29) is 47.8 Å². The van der Waals surface area contributed by atoms with E-state index in [2.05, 4.69) is 84.3 Å². The molecular formula is C37H59N3O4S. The third-order valence-electron chi connectivity index (χ3n) is 8.92. The van der Waals surface area contributed by atoms with Crippen LogP contribution in [0.25, 0.3) is 0 Å². The molecule has 0 unspecified atom stereocenters. The summed E-state index contributed by atoms with van der Waals surface area (Å²) in [6.07, 6.45) is 4.45. The van der Waals surface area contributed by atoms with Crippen molar-refractivity contribution in [3.63, 3.8) is 0 Å². The molecule has 252 valence electrons. The number of carbonyl (C=O) groups is 2. The minimum atomic E-state index is -0.305. The van der Waals surface area contributed by atoms with Crippen molar-refractivity contribution in [3.05, 3.63) is 64.3 Å². The first-order valence-electron chi connectivity index (χ1n) is 16.9. The molecule has 0 saturated heterocycles. The predicted molar refractivity (Wildman–Crippen MR) is 186 cm³/mol. The molecule has 0 fully saturated rings. The molecule has 1 heterocycles. The highest BCUT2D eigenvalue weighted by Gasteiger charge is 2.34. The third kappa shape index (κ3) is 11.9. The van der Waals surface area contributed by atoms with Crippen molar-refractivity contribution >= 4 is 23.2 Å². The molecule has 2 aromatic rings. The van der Waals surface area contributed by atoms with Crippen LogP contribution in [0.2, 0.25) is 0 Å². The minimum Gasteiger partial charge on any atom is -0.501 e. The van der Waals surface area contributed by atoms with Gasteiger partial charge in [-0.3, -0.25) is 9.59 Å². The summed E-state index contributed by atoms with van der Waals surface area (Å²) in [7, 11) is 1.63. The first-order chi connectivity index (χ1) is 21.5. The smallest absolute Gasteiger partial charge is 0.270 e. The van der Waals surface area contributed by atoms with Crippen molar-refractivity contribution in [2.75, 3.05) is 20.3 Å². The monoisotopic (exact) mass is 641 g/mol. The molecule has 2 amide bonds. The number of methoxy groups -OCH3 is 1. The number of thiazole rings is 1. The van der Waals surface area contributed by atoms with Gasteiger partial charge in [-0.1, -0.05) is 98.7 Å². The van der Waals surface area contributed by atoms with Crippen LogP contribution in [0.3, 0.4) is 0 Å². The van der Waals surface area contributed by atoms with Gasteiger partial charge in [-0.15, -0.1) is 11.3 Å². The SMILES string of the molecule is C=C(OC)[C@@H](C)C[C@H](Cc1ccccc1)NC(=O)c1csc([C@@H](C[C@H](C(C)C)N(CCC)C(=O)[C@@H](C)[C@@H](C)CC)OCCC)n1. The lowest BCUT2D eigenvalue weighted by molar-refractivity contribution is -0.141. The maximum atomic E-state index is 13.8. The number of hydrogen-bond acceptors (Lipinski definition) is 6. The fourth-order valence-electron chi connectivity index (χ4n) is 5.67. The zero-order valence-corrected chi connectivity index (χ0v) is 30.1. The highest BCUT2D eigenvalue weighted by atomic mass is 32.1. The van der Waals surface area contributed by atoms with Crippen LogP contribution in [-0.2, 0) is 20.7 Å². The number of amides is 2. The molecule has 8 heteroatoms. The molecule has 0 radical (unpaired) electrons. The lowest BCUT2D eigenvalue weighted by atomic mass is 9.89. The van der Waals surface area contributed by atoms with Crippen LogP contribution in [-0.4, -0.2) is 54.0 Å². The lowest BCUT2D eigenvalue weighted by Crippen LogP contribution is -2.47. The molecule has 0 bridgehead atoms. The molecule has 1 N–H and O–H groups in total. The van der Waals surface area contributed by atoms with Crippen LogP contribution in [0.1, 0.15) is 115 Å². The topological polar surface area (TPSA) is 80.8 Å². The van der Waals surface area contributed by atoms with Crippen LogP contribution in [0.15, 0.2) is 48.0 Å². The molecule has 7 nitrogen and oxygen atoms in total. The molecule has 0 spiro atoms. The summed E-state index contributed by atoms with van der Waals surface area (Å²) in [6.45, 7) is 22.3. The van der Waals surface area contributed by atoms with Crippen molar-refractivity contribution in [3.8, 4) is 0 Å². The third-order valence-corrected chi connectivity index (χ3v) is 9.86. The van der Waals surface area contributed by atoms with Crippen molar-refractivity contribution < 1.29 is 19.1 Å². The zero-order chi connectivity index (χ0) is 33.5. The summed E-state index contributed by atoms with van der Waals surface area (Å²) in [5.41, 5.74) is 1.54. The number of nitrogens with zero attached hydrogens (tertiary/aromatic N) is 2. The number of aromatic nitrogens is 1. The average molecular weight is 642 g/mol. The van der Waals surface area contributed by atoms with E-state index < -0.39 is 0 Å². The van der Waals surface area contributed by atoms with Gasteiger partial charge in [0.25, 0.3) is 5.91 Å². The summed E-state index contributed by atoms with van der Waals surface area (Å²) in [5, 5.41) is 5.84. The molecular weight excluding hydrogens is 582 g/mol. The summed E-state index contributed by atoms with van der Waals surface area (Å²) < 4.78 is 11.8. The van der Waals surface area contributed by atoms with E-state index in [4.69, 9.17) is 14.5 Å². The second-order valence-corrected chi connectivity index (χ2v) is 13.7. The van der Waals surface area contributed by atoms with Crippen LogP contribution in [0.5, 0.6) is 0 Å². The summed E-state index contributed by atoms with van der Waals surface area (Å²) >= 11 is 1.46. The standard InChI is InChI=1S/C37H59N3O4S/c1-11-19-40(37(42)28(8)26(6)13-3)33(25(4)5)23-34(44-20-12-2)36-39-32(24-45-36)35(41)38-31(21-27(7)29(9)43-10)22-30-17-15-14-16-18-30/h14-18,24-28,31,33-34H,9,11-13,19-23H2,1-8,10H3,(H,38,41)/t26-,27-,28-,31+,33+,34+/m0/s1. The maximum Gasteiger partial charge on any atom is 0.270 e. The van der Waals surface area contributed by atoms with E-state index in [0.717, 1.165) is 29.8 Å². The summed E-state index contributed by atoms with van der Waals surface area (Å²) in [6, 6.07) is 10.1. The van der Waals surface area contributed by atoms with Crippen LogP contribution < -0.4 is 5.32 Å². The van der Waals surface area contributed by atoms with Gasteiger partial charge in [0, 0.05) is 48.9 Å². The Morgan fingerprint density at radius 1 is 1.02 bits per heavy atom. The van der Waals surface area contributed by atoms with Crippen molar-refractivity contribution in [2.45, 2.75) is 112 Å². The molecule has 6 atom stereocenters. The molecule has 0 saturated carbocycles. The highest BCUT2D eigenvalue weighted by molar-refractivity contribution is 7.09. The van der Waals surface area contributed by atoms with E-state index in [1.165, 1.54) is 11.3 Å². The Labute approximate surface area is 277 Å². The molecule has 1 aromatic carbocycles. The molecule has 2 rings (SSSR count). The summed E-state index contributed by atoms with van der Waals surface area (Å²) in [4.78, 5) is 34.3. The van der Waals surface area contributed by atoms with E-state index in [1.807, 2.05) is 23.6 Å². The van der Waals surface area contributed by atoms with Crippen LogP contribution >= 0.6 is 11.3 Å². The van der Waals surface area contributed by atoms with Crippen LogP contribution in [0.4, 0.5) is 0 Å². The van der Waals surface area contributed by atoms with Crippen LogP contribution in [0, 0.1) is 23.7 Å². The van der Waals surface area contributed by atoms with Gasteiger partial charge in [-0.2, -0.15) is 0 Å². The number of ether oxygens (including phenoxy) is 2. The molecule has 45 heavy (non-hydrogen) atoms. The largest absolute Gasteiger partial charge is 0.501 e. The first-order valence-corrected chi connectivity index (χ1v) is 17.8. The number of nitrogens with one attached hydrogen (secondary N) is 1. The minimum absolute atomic E-state index is 0.00221.